The van der Waals surface area contributed by atoms with E-state index in [1.54, 1.807) is 31.5 Å². The smallest absolute Gasteiger partial charge is 0.279 e. The second-order valence-electron chi connectivity index (χ2n) is 5.34. The minimum absolute atomic E-state index is 0.0712. The molecule has 0 radical (unpaired) electrons. The highest BCUT2D eigenvalue weighted by atomic mass is 32.1. The first kappa shape index (κ1) is 16.3. The number of ether oxygens (including phenoxy) is 2. The van der Waals surface area contributed by atoms with Crippen LogP contribution in [0, 0.1) is 0 Å². The zero-order valence-electron chi connectivity index (χ0n) is 13.5. The summed E-state index contributed by atoms with van der Waals surface area (Å²) < 4.78 is 16.2. The minimum atomic E-state index is -0.312. The summed E-state index contributed by atoms with van der Waals surface area (Å²) in [6, 6.07) is 3.21. The molecule has 3 aromatic heterocycles. The molecule has 3 aromatic rings. The van der Waals surface area contributed by atoms with Crippen molar-refractivity contribution < 1.29 is 14.0 Å². The molecule has 0 aliphatic carbocycles. The molecule has 9 heteroatoms. The summed E-state index contributed by atoms with van der Waals surface area (Å²) in [7, 11) is 0. The maximum Gasteiger partial charge on any atom is 0.279 e. The molecule has 0 saturated carbocycles. The predicted octanol–water partition coefficient (Wildman–Crippen LogP) is 3.19. The maximum atomic E-state index is 5.70. The van der Waals surface area contributed by atoms with E-state index in [9.17, 15) is 0 Å². The number of pyridine rings is 1. The molecular formula is C15H17N5O3S. The van der Waals surface area contributed by atoms with E-state index in [-0.39, 0.29) is 12.1 Å². The molecule has 8 nitrogen and oxygen atoms in total. The first-order chi connectivity index (χ1) is 11.5. The Kier molecular flexibility index (Phi) is 4.72. The molecule has 3 rings (SSSR count). The third-order valence-electron chi connectivity index (χ3n) is 2.81. The van der Waals surface area contributed by atoms with Crippen molar-refractivity contribution in [1.82, 2.24) is 20.1 Å². The van der Waals surface area contributed by atoms with Gasteiger partial charge in [-0.25, -0.2) is 9.97 Å². The average molecular weight is 347 g/mol. The number of nitrogens with zero attached hydrogens (tertiary/aromatic N) is 4. The molecule has 1 atom stereocenters. The lowest BCUT2D eigenvalue weighted by molar-refractivity contribution is 0.232. The number of nitrogens with two attached hydrogens (primary N) is 1. The third-order valence-corrected chi connectivity index (χ3v) is 3.68. The van der Waals surface area contributed by atoms with E-state index in [1.165, 1.54) is 11.3 Å². The zero-order valence-corrected chi connectivity index (χ0v) is 14.3. The van der Waals surface area contributed by atoms with Crippen molar-refractivity contribution in [1.29, 1.82) is 0 Å². The Labute approximate surface area is 142 Å². The van der Waals surface area contributed by atoms with Gasteiger partial charge >= 0.3 is 0 Å². The zero-order chi connectivity index (χ0) is 17.1. The Morgan fingerprint density at radius 2 is 2.00 bits per heavy atom. The SMILES string of the molecule is CC(C)Oc1ccc(Oc2ncc(-c3noc(C(C)N)n3)s2)cn1. The highest BCUT2D eigenvalue weighted by molar-refractivity contribution is 7.16. The highest BCUT2D eigenvalue weighted by Gasteiger charge is 2.15. The van der Waals surface area contributed by atoms with Crippen LogP contribution in [0.15, 0.2) is 29.0 Å². The van der Waals surface area contributed by atoms with Crippen molar-refractivity contribution in [3.63, 3.8) is 0 Å². The van der Waals surface area contributed by atoms with Crippen LogP contribution in [0.4, 0.5) is 0 Å². The maximum absolute atomic E-state index is 5.70. The minimum Gasteiger partial charge on any atom is -0.475 e. The quantitative estimate of drug-likeness (QED) is 0.724. The second-order valence-corrected chi connectivity index (χ2v) is 6.33. The molecule has 1 unspecified atom stereocenters. The fourth-order valence-corrected chi connectivity index (χ4v) is 2.48. The lowest BCUT2D eigenvalue weighted by atomic mass is 10.4. The Bertz CT molecular complexity index is 798. The molecule has 126 valence electrons. The number of hydrogen-bond acceptors (Lipinski definition) is 9. The molecule has 0 fully saturated rings. The van der Waals surface area contributed by atoms with Gasteiger partial charge in [-0.15, -0.1) is 0 Å². The number of aromatic nitrogens is 4. The summed E-state index contributed by atoms with van der Waals surface area (Å²) in [6.45, 7) is 5.66. The van der Waals surface area contributed by atoms with Crippen LogP contribution >= 0.6 is 11.3 Å². The van der Waals surface area contributed by atoms with Crippen molar-refractivity contribution in [3.05, 3.63) is 30.4 Å². The summed E-state index contributed by atoms with van der Waals surface area (Å²) in [5.74, 6) is 1.93. The fourth-order valence-electron chi connectivity index (χ4n) is 1.77. The summed E-state index contributed by atoms with van der Waals surface area (Å²) in [6.07, 6.45) is 3.28. The van der Waals surface area contributed by atoms with Gasteiger partial charge in [-0.2, -0.15) is 4.98 Å². The molecule has 3 heterocycles. The van der Waals surface area contributed by atoms with Crippen LogP contribution in [0.3, 0.4) is 0 Å². The van der Waals surface area contributed by atoms with Gasteiger partial charge in [0.1, 0.15) is 5.75 Å². The number of thiazole rings is 1. The molecule has 0 aliphatic heterocycles. The van der Waals surface area contributed by atoms with Crippen LogP contribution in [0.2, 0.25) is 0 Å². The highest BCUT2D eigenvalue weighted by Crippen LogP contribution is 2.32. The molecule has 0 spiro atoms. The number of rotatable bonds is 6. The van der Waals surface area contributed by atoms with Crippen LogP contribution in [-0.4, -0.2) is 26.2 Å². The van der Waals surface area contributed by atoms with Crippen LogP contribution in [0.1, 0.15) is 32.7 Å². The standard InChI is InChI=1S/C15H17N5O3S/c1-8(2)21-12-5-4-10(6-17-12)22-15-18-7-11(24-15)13-19-14(9(3)16)23-20-13/h4-9H,16H2,1-3H3. The lowest BCUT2D eigenvalue weighted by Crippen LogP contribution is -2.06. The number of hydrogen-bond donors (Lipinski definition) is 1. The van der Waals surface area contributed by atoms with Gasteiger partial charge in [0, 0.05) is 6.07 Å². The van der Waals surface area contributed by atoms with Gasteiger partial charge in [-0.3, -0.25) is 0 Å². The van der Waals surface area contributed by atoms with Gasteiger partial charge in [0.2, 0.25) is 17.6 Å². The van der Waals surface area contributed by atoms with Crippen molar-refractivity contribution >= 4 is 11.3 Å². The van der Waals surface area contributed by atoms with Gasteiger partial charge in [0.05, 0.1) is 29.4 Å². The monoisotopic (exact) mass is 347 g/mol. The molecule has 0 aromatic carbocycles. The molecule has 24 heavy (non-hydrogen) atoms. The van der Waals surface area contributed by atoms with E-state index in [4.69, 9.17) is 19.7 Å². The Hall–Kier alpha value is -2.52. The topological polar surface area (TPSA) is 109 Å². The third kappa shape index (κ3) is 3.87. The van der Waals surface area contributed by atoms with E-state index in [0.717, 1.165) is 4.88 Å². The molecule has 0 saturated heterocycles. The molecule has 0 amide bonds. The van der Waals surface area contributed by atoms with E-state index in [2.05, 4.69) is 20.1 Å². The molecular weight excluding hydrogens is 330 g/mol. The van der Waals surface area contributed by atoms with Crippen molar-refractivity contribution in [2.24, 2.45) is 5.73 Å². The van der Waals surface area contributed by atoms with Gasteiger partial charge < -0.3 is 19.7 Å². The van der Waals surface area contributed by atoms with E-state index in [0.29, 0.717) is 28.5 Å². The van der Waals surface area contributed by atoms with Gasteiger partial charge in [-0.1, -0.05) is 16.5 Å². The van der Waals surface area contributed by atoms with Crippen LogP contribution in [0.5, 0.6) is 16.8 Å². The first-order valence-electron chi connectivity index (χ1n) is 7.37. The summed E-state index contributed by atoms with van der Waals surface area (Å²) >= 11 is 1.30. The van der Waals surface area contributed by atoms with Gasteiger partial charge in [0.25, 0.3) is 5.19 Å². The Morgan fingerprint density at radius 1 is 1.17 bits per heavy atom. The normalized spacial score (nSPS) is 12.4. The van der Waals surface area contributed by atoms with Crippen molar-refractivity contribution in [2.45, 2.75) is 32.9 Å². The Morgan fingerprint density at radius 3 is 2.62 bits per heavy atom. The molecule has 0 bridgehead atoms. The average Bonchev–Trinajstić information content (AvgIpc) is 3.17. The van der Waals surface area contributed by atoms with Crippen LogP contribution in [0.25, 0.3) is 10.7 Å². The lowest BCUT2D eigenvalue weighted by Gasteiger charge is -2.08. The van der Waals surface area contributed by atoms with Gasteiger partial charge in [-0.05, 0) is 26.8 Å². The molecule has 0 aliphatic rings. The largest absolute Gasteiger partial charge is 0.475 e. The first-order valence-corrected chi connectivity index (χ1v) is 8.19. The fraction of sp³-hybridized carbons (Fsp3) is 0.333. The summed E-state index contributed by atoms with van der Waals surface area (Å²) in [4.78, 5) is 13.3. The van der Waals surface area contributed by atoms with Crippen molar-refractivity contribution in [3.8, 4) is 27.5 Å². The van der Waals surface area contributed by atoms with E-state index in [1.807, 2.05) is 13.8 Å². The predicted molar refractivity (Wildman–Crippen MR) is 88.1 cm³/mol. The summed E-state index contributed by atoms with van der Waals surface area (Å²) in [5, 5.41) is 4.34. The van der Waals surface area contributed by atoms with Gasteiger partial charge in [0.15, 0.2) is 0 Å². The van der Waals surface area contributed by atoms with Crippen LogP contribution < -0.4 is 15.2 Å². The molecule has 2 N–H and O–H groups in total. The van der Waals surface area contributed by atoms with E-state index < -0.39 is 0 Å². The van der Waals surface area contributed by atoms with Crippen molar-refractivity contribution in [2.75, 3.05) is 0 Å². The second kappa shape index (κ2) is 6.93. The summed E-state index contributed by atoms with van der Waals surface area (Å²) in [5.41, 5.74) is 5.70. The Balaban J connectivity index is 1.69. The van der Waals surface area contributed by atoms with E-state index >= 15 is 0 Å². The van der Waals surface area contributed by atoms with Crippen LogP contribution in [-0.2, 0) is 0 Å².